The highest BCUT2D eigenvalue weighted by molar-refractivity contribution is 7.87. The lowest BCUT2D eigenvalue weighted by Crippen LogP contribution is -2.49. The zero-order chi connectivity index (χ0) is 22.9. The van der Waals surface area contributed by atoms with Crippen LogP contribution in [0.4, 0.5) is 10.5 Å². The Kier molecular flexibility index (Phi) is 9.90. The first-order valence-corrected chi connectivity index (χ1v) is 11.9. The lowest BCUT2D eigenvalue weighted by atomic mass is 10.1. The Morgan fingerprint density at radius 3 is 2.27 bits per heavy atom. The second-order valence-electron chi connectivity index (χ2n) is 7.99. The summed E-state index contributed by atoms with van der Waals surface area (Å²) in [7, 11) is -2.14. The Labute approximate surface area is 181 Å². The van der Waals surface area contributed by atoms with E-state index in [1.165, 1.54) is 6.92 Å². The fourth-order valence-electron chi connectivity index (χ4n) is 2.79. The predicted octanol–water partition coefficient (Wildman–Crippen LogP) is 3.22. The first-order valence-electron chi connectivity index (χ1n) is 10.3. The smallest absolute Gasteiger partial charge is 0.318 e. The van der Waals surface area contributed by atoms with Gasteiger partial charge in [-0.3, -0.25) is 0 Å². The lowest BCUT2D eigenvalue weighted by molar-refractivity contribution is 0.142. The van der Waals surface area contributed by atoms with E-state index in [1.807, 2.05) is 46.8 Å². The summed E-state index contributed by atoms with van der Waals surface area (Å²) in [4.78, 5) is 16.5. The maximum Gasteiger partial charge on any atom is 0.318 e. The van der Waals surface area contributed by atoms with Gasteiger partial charge in [0.1, 0.15) is 5.75 Å². The second kappa shape index (κ2) is 11.4. The van der Waals surface area contributed by atoms with Crippen molar-refractivity contribution >= 4 is 21.8 Å². The van der Waals surface area contributed by atoms with Crippen LogP contribution in [-0.2, 0) is 21.4 Å². The van der Waals surface area contributed by atoms with E-state index < -0.39 is 15.7 Å². The molecule has 0 aliphatic heterocycles. The molecule has 9 heteroatoms. The molecule has 1 rings (SSSR count). The van der Waals surface area contributed by atoms with Gasteiger partial charge < -0.3 is 24.0 Å². The van der Waals surface area contributed by atoms with Crippen LogP contribution in [0.25, 0.3) is 0 Å². The normalized spacial score (nSPS) is 11.8. The molecule has 0 atom stereocenters. The fraction of sp³-hybridized carbons (Fsp3) is 0.667. The summed E-state index contributed by atoms with van der Waals surface area (Å²) in [6.07, 6.45) is 0. The minimum Gasteiger partial charge on any atom is -0.383 e. The molecule has 0 saturated heterocycles. The predicted molar refractivity (Wildman–Crippen MR) is 121 cm³/mol. The van der Waals surface area contributed by atoms with Crippen molar-refractivity contribution in [2.24, 2.45) is 0 Å². The van der Waals surface area contributed by atoms with E-state index in [9.17, 15) is 13.2 Å². The molecule has 8 nitrogen and oxygen atoms in total. The van der Waals surface area contributed by atoms with Gasteiger partial charge in [-0.2, -0.15) is 8.42 Å². The van der Waals surface area contributed by atoms with Crippen LogP contribution in [0.1, 0.15) is 47.1 Å². The van der Waals surface area contributed by atoms with Crippen LogP contribution in [0.15, 0.2) is 18.2 Å². The molecule has 0 unspecified atom stereocenters. The van der Waals surface area contributed by atoms with Gasteiger partial charge in [-0.15, -0.1) is 0 Å². The molecule has 0 aliphatic carbocycles. The van der Waals surface area contributed by atoms with Crippen LogP contribution in [0.3, 0.4) is 0 Å². The highest BCUT2D eigenvalue weighted by atomic mass is 32.2. The summed E-state index contributed by atoms with van der Waals surface area (Å²) in [6.45, 7) is 13.8. The molecule has 1 N–H and O–H groups in total. The summed E-state index contributed by atoms with van der Waals surface area (Å²) in [5.41, 5.74) is 1.08. The summed E-state index contributed by atoms with van der Waals surface area (Å²) in [5, 5.41) is 2.94. The Hall–Kier alpha value is -2.00. The van der Waals surface area contributed by atoms with E-state index in [4.69, 9.17) is 8.92 Å². The van der Waals surface area contributed by atoms with Gasteiger partial charge in [0, 0.05) is 49.6 Å². The Bertz CT molecular complexity index is 786. The monoisotopic (exact) mass is 443 g/mol. The molecule has 172 valence electrons. The third-order valence-corrected chi connectivity index (χ3v) is 5.59. The molecule has 0 aliphatic rings. The van der Waals surface area contributed by atoms with Crippen LogP contribution < -0.4 is 14.4 Å². The van der Waals surface area contributed by atoms with Crippen LogP contribution in [0, 0.1) is 0 Å². The van der Waals surface area contributed by atoms with Gasteiger partial charge in [0.15, 0.2) is 0 Å². The zero-order valence-corrected chi connectivity index (χ0v) is 20.1. The molecule has 0 aromatic heterocycles. The summed E-state index contributed by atoms with van der Waals surface area (Å²) in [5.74, 6) is 0.104. The number of urea groups is 1. The minimum atomic E-state index is -3.72. The highest BCUT2D eigenvalue weighted by Crippen LogP contribution is 2.28. The van der Waals surface area contributed by atoms with Crippen molar-refractivity contribution in [3.05, 3.63) is 23.8 Å². The van der Waals surface area contributed by atoms with E-state index in [1.54, 1.807) is 18.1 Å². The van der Waals surface area contributed by atoms with Crippen LogP contribution >= 0.6 is 0 Å². The van der Waals surface area contributed by atoms with Crippen molar-refractivity contribution in [1.29, 1.82) is 0 Å². The van der Waals surface area contributed by atoms with Gasteiger partial charge in [0.2, 0.25) is 0 Å². The number of rotatable bonds is 11. The Morgan fingerprint density at radius 1 is 1.13 bits per heavy atom. The number of amides is 2. The number of carbonyl (C=O) groups excluding carboxylic acids is 1. The number of hydrogen-bond acceptors (Lipinski definition) is 6. The van der Waals surface area contributed by atoms with Crippen molar-refractivity contribution in [3.8, 4) is 5.75 Å². The molecule has 0 fully saturated rings. The van der Waals surface area contributed by atoms with E-state index in [0.29, 0.717) is 18.7 Å². The van der Waals surface area contributed by atoms with Crippen LogP contribution in [-0.4, -0.2) is 64.0 Å². The summed E-state index contributed by atoms with van der Waals surface area (Å²) >= 11 is 0. The second-order valence-corrected chi connectivity index (χ2v) is 9.85. The van der Waals surface area contributed by atoms with Crippen LogP contribution in [0.5, 0.6) is 5.75 Å². The number of methoxy groups -OCH3 is 1. The molecular formula is C21H37N3O5S. The van der Waals surface area contributed by atoms with Crippen molar-refractivity contribution in [2.45, 2.75) is 53.6 Å². The Balaban J connectivity index is 3.31. The average molecular weight is 444 g/mol. The van der Waals surface area contributed by atoms with E-state index >= 15 is 0 Å². The third kappa shape index (κ3) is 8.39. The molecule has 1 aromatic carbocycles. The largest absolute Gasteiger partial charge is 0.383 e. The first kappa shape index (κ1) is 26.0. The molecule has 0 spiro atoms. The number of nitrogens with zero attached hydrogens (tertiary/aromatic N) is 2. The van der Waals surface area contributed by atoms with Gasteiger partial charge >= 0.3 is 16.1 Å². The number of benzene rings is 1. The van der Waals surface area contributed by atoms with Gasteiger partial charge in [-0.1, -0.05) is 6.07 Å². The molecule has 0 saturated carbocycles. The Morgan fingerprint density at radius 2 is 1.77 bits per heavy atom. The first-order chi connectivity index (χ1) is 14.0. The van der Waals surface area contributed by atoms with Crippen molar-refractivity contribution in [2.75, 3.05) is 44.0 Å². The molecule has 2 amide bonds. The summed E-state index contributed by atoms with van der Waals surface area (Å²) < 4.78 is 34.9. The highest BCUT2D eigenvalue weighted by Gasteiger charge is 2.22. The molecule has 0 heterocycles. The maximum atomic E-state index is 12.8. The van der Waals surface area contributed by atoms with E-state index in [0.717, 1.165) is 18.8 Å². The average Bonchev–Trinajstić information content (AvgIpc) is 2.65. The van der Waals surface area contributed by atoms with Crippen LogP contribution in [0.2, 0.25) is 0 Å². The number of carbonyl (C=O) groups is 1. The van der Waals surface area contributed by atoms with Gasteiger partial charge in [-0.25, -0.2) is 4.79 Å². The van der Waals surface area contributed by atoms with E-state index in [-0.39, 0.29) is 24.1 Å². The number of anilines is 1. The molecule has 0 radical (unpaired) electrons. The quantitative estimate of drug-likeness (QED) is 0.528. The van der Waals surface area contributed by atoms with Crippen molar-refractivity contribution in [1.82, 2.24) is 10.2 Å². The molecule has 30 heavy (non-hydrogen) atoms. The van der Waals surface area contributed by atoms with Gasteiger partial charge in [0.05, 0.1) is 18.9 Å². The van der Waals surface area contributed by atoms with Crippen molar-refractivity contribution < 1.29 is 22.1 Å². The number of ether oxygens (including phenoxy) is 1. The third-order valence-electron chi connectivity index (χ3n) is 4.45. The number of nitrogens with one attached hydrogen (secondary N) is 1. The molecule has 0 bridgehead atoms. The van der Waals surface area contributed by atoms with Crippen molar-refractivity contribution in [3.63, 3.8) is 0 Å². The topological polar surface area (TPSA) is 88.2 Å². The maximum absolute atomic E-state index is 12.8. The SMILES string of the molecule is CCN(CC)c1ccc(CN(CCOC)C(=O)NC(C)(C)C)c(OS(=O)(=O)CC)c1. The minimum absolute atomic E-state index is 0.139. The fourth-order valence-corrected chi connectivity index (χ4v) is 3.34. The molecular weight excluding hydrogens is 406 g/mol. The zero-order valence-electron chi connectivity index (χ0n) is 19.3. The summed E-state index contributed by atoms with van der Waals surface area (Å²) in [6, 6.07) is 5.21. The lowest BCUT2D eigenvalue weighted by Gasteiger charge is -2.29. The van der Waals surface area contributed by atoms with Gasteiger partial charge in [-0.05, 0) is 47.6 Å². The standard InChI is InChI=1S/C21H37N3O5S/c1-8-23(9-2)18-12-11-17(19(15-18)29-30(26,27)10-3)16-24(13-14-28-7)20(25)22-21(4,5)6/h11-12,15H,8-10,13-14,16H2,1-7H3,(H,22,25). The van der Waals surface area contributed by atoms with Gasteiger partial charge in [0.25, 0.3) is 0 Å². The molecule has 1 aromatic rings. The number of hydrogen-bond donors (Lipinski definition) is 1. The van der Waals surface area contributed by atoms with E-state index in [2.05, 4.69) is 10.2 Å².